The summed E-state index contributed by atoms with van der Waals surface area (Å²) in [5, 5.41) is 2.88. The number of aromatic nitrogens is 1. The number of anilines is 1. The Morgan fingerprint density at radius 1 is 1.40 bits per heavy atom. The van der Waals surface area contributed by atoms with Crippen molar-refractivity contribution in [3.05, 3.63) is 18.5 Å². The molecule has 1 atom stereocenters. The smallest absolute Gasteiger partial charge is 0.244 e. The first-order valence-electron chi connectivity index (χ1n) is 6.89. The molecule has 0 radical (unpaired) electrons. The van der Waals surface area contributed by atoms with Crippen molar-refractivity contribution in [2.75, 3.05) is 32.0 Å². The lowest BCUT2D eigenvalue weighted by molar-refractivity contribution is 0.313. The molecular formula is C13H22N4O2S. The van der Waals surface area contributed by atoms with Crippen molar-refractivity contribution in [2.45, 2.75) is 30.7 Å². The standard InChI is InChI=1S/C13H22N4O2S/c1-11(10-17-7-3-4-8-17)16-20(18,19)13-9-15-6-5-12(13)14-2/h5-6,9,11,16H,3-4,7-8,10H2,1-2H3,(H,14,15). The first kappa shape index (κ1) is 15.2. The van der Waals surface area contributed by atoms with Gasteiger partial charge in [0, 0.05) is 32.0 Å². The van der Waals surface area contributed by atoms with Gasteiger partial charge in [-0.25, -0.2) is 13.1 Å². The number of hydrogen-bond donors (Lipinski definition) is 2. The molecule has 1 unspecified atom stereocenters. The molecule has 1 aromatic heterocycles. The number of sulfonamides is 1. The van der Waals surface area contributed by atoms with Gasteiger partial charge >= 0.3 is 0 Å². The van der Waals surface area contributed by atoms with Crippen molar-refractivity contribution in [1.29, 1.82) is 0 Å². The van der Waals surface area contributed by atoms with E-state index in [9.17, 15) is 8.42 Å². The van der Waals surface area contributed by atoms with Crippen molar-refractivity contribution in [1.82, 2.24) is 14.6 Å². The number of hydrogen-bond acceptors (Lipinski definition) is 5. The summed E-state index contributed by atoms with van der Waals surface area (Å²) in [7, 11) is -1.85. The number of nitrogens with zero attached hydrogens (tertiary/aromatic N) is 2. The summed E-state index contributed by atoms with van der Waals surface area (Å²) in [6.45, 7) is 4.75. The summed E-state index contributed by atoms with van der Waals surface area (Å²) in [6.07, 6.45) is 5.34. The van der Waals surface area contributed by atoms with E-state index >= 15 is 0 Å². The predicted molar refractivity (Wildman–Crippen MR) is 79.2 cm³/mol. The SMILES string of the molecule is CNc1ccncc1S(=O)(=O)NC(C)CN1CCCC1. The molecule has 7 heteroatoms. The van der Waals surface area contributed by atoms with Crippen LogP contribution in [0, 0.1) is 0 Å². The van der Waals surface area contributed by atoms with Gasteiger partial charge in [-0.3, -0.25) is 4.98 Å². The van der Waals surface area contributed by atoms with Gasteiger partial charge in [0.1, 0.15) is 4.90 Å². The Kier molecular flexibility index (Phi) is 4.95. The highest BCUT2D eigenvalue weighted by Gasteiger charge is 2.22. The number of rotatable bonds is 6. The lowest BCUT2D eigenvalue weighted by Crippen LogP contribution is -2.41. The average Bonchev–Trinajstić information content (AvgIpc) is 2.90. The van der Waals surface area contributed by atoms with Gasteiger partial charge in [0.2, 0.25) is 10.0 Å². The van der Waals surface area contributed by atoms with Gasteiger partial charge in [-0.05, 0) is 38.9 Å². The molecule has 1 fully saturated rings. The molecule has 1 saturated heterocycles. The van der Waals surface area contributed by atoms with Crippen LogP contribution < -0.4 is 10.0 Å². The van der Waals surface area contributed by atoms with Crippen LogP contribution in [0.5, 0.6) is 0 Å². The van der Waals surface area contributed by atoms with Crippen LogP contribution in [0.2, 0.25) is 0 Å². The molecule has 0 amide bonds. The van der Waals surface area contributed by atoms with Crippen LogP contribution in [0.1, 0.15) is 19.8 Å². The molecule has 0 aliphatic carbocycles. The summed E-state index contributed by atoms with van der Waals surface area (Å²) in [4.78, 5) is 6.38. The molecule has 0 spiro atoms. The molecular weight excluding hydrogens is 276 g/mol. The van der Waals surface area contributed by atoms with Gasteiger partial charge in [-0.1, -0.05) is 0 Å². The van der Waals surface area contributed by atoms with Gasteiger partial charge < -0.3 is 10.2 Å². The van der Waals surface area contributed by atoms with E-state index in [1.807, 2.05) is 6.92 Å². The zero-order chi connectivity index (χ0) is 14.6. The minimum absolute atomic E-state index is 0.122. The highest BCUT2D eigenvalue weighted by atomic mass is 32.2. The minimum Gasteiger partial charge on any atom is -0.387 e. The van der Waals surface area contributed by atoms with Gasteiger partial charge in [-0.15, -0.1) is 0 Å². The maximum Gasteiger partial charge on any atom is 0.244 e. The van der Waals surface area contributed by atoms with Crippen LogP contribution in [-0.2, 0) is 10.0 Å². The summed E-state index contributed by atoms with van der Waals surface area (Å²) in [5.74, 6) is 0. The summed E-state index contributed by atoms with van der Waals surface area (Å²) < 4.78 is 27.5. The Morgan fingerprint density at radius 3 is 2.75 bits per heavy atom. The molecule has 2 N–H and O–H groups in total. The van der Waals surface area contributed by atoms with Crippen LogP contribution in [0.15, 0.2) is 23.4 Å². The van der Waals surface area contributed by atoms with Crippen LogP contribution in [0.4, 0.5) is 5.69 Å². The second-order valence-electron chi connectivity index (χ2n) is 5.15. The van der Waals surface area contributed by atoms with Crippen molar-refractivity contribution in [3.63, 3.8) is 0 Å². The Hall–Kier alpha value is -1.18. The number of likely N-dealkylation sites (tertiary alicyclic amines) is 1. The fourth-order valence-corrected chi connectivity index (χ4v) is 3.91. The van der Waals surface area contributed by atoms with Crippen LogP contribution in [0.25, 0.3) is 0 Å². The molecule has 0 bridgehead atoms. The molecule has 6 nitrogen and oxygen atoms in total. The molecule has 1 aromatic rings. The van der Waals surface area contributed by atoms with E-state index in [0.29, 0.717) is 5.69 Å². The normalized spacial score (nSPS) is 18.1. The number of pyridine rings is 1. The minimum atomic E-state index is -3.55. The third kappa shape index (κ3) is 3.68. The number of nitrogens with one attached hydrogen (secondary N) is 2. The Balaban J connectivity index is 2.06. The molecule has 20 heavy (non-hydrogen) atoms. The zero-order valence-corrected chi connectivity index (χ0v) is 12.8. The van der Waals surface area contributed by atoms with Gasteiger partial charge in [0.05, 0.1) is 5.69 Å². The van der Waals surface area contributed by atoms with Crippen LogP contribution in [-0.4, -0.2) is 51.0 Å². The Bertz CT molecular complexity index is 541. The molecule has 0 aromatic carbocycles. The fourth-order valence-electron chi connectivity index (χ4n) is 2.52. The lowest BCUT2D eigenvalue weighted by Gasteiger charge is -2.21. The third-order valence-corrected chi connectivity index (χ3v) is 5.05. The Labute approximate surface area is 120 Å². The molecule has 2 heterocycles. The average molecular weight is 298 g/mol. The highest BCUT2D eigenvalue weighted by Crippen LogP contribution is 2.19. The van der Waals surface area contributed by atoms with E-state index in [1.165, 1.54) is 19.0 Å². The quantitative estimate of drug-likeness (QED) is 0.816. The van der Waals surface area contributed by atoms with E-state index in [-0.39, 0.29) is 10.9 Å². The van der Waals surface area contributed by atoms with Crippen LogP contribution in [0.3, 0.4) is 0 Å². The predicted octanol–water partition coefficient (Wildman–Crippen LogP) is 0.886. The highest BCUT2D eigenvalue weighted by molar-refractivity contribution is 7.89. The molecule has 2 rings (SSSR count). The summed E-state index contributed by atoms with van der Waals surface area (Å²) >= 11 is 0. The topological polar surface area (TPSA) is 74.3 Å². The van der Waals surface area contributed by atoms with E-state index in [0.717, 1.165) is 19.6 Å². The molecule has 1 aliphatic rings. The molecule has 112 valence electrons. The van der Waals surface area contributed by atoms with Crippen molar-refractivity contribution in [3.8, 4) is 0 Å². The third-order valence-electron chi connectivity index (χ3n) is 3.43. The summed E-state index contributed by atoms with van der Waals surface area (Å²) in [6, 6.07) is 1.53. The van der Waals surface area contributed by atoms with Gasteiger partial charge in [0.25, 0.3) is 0 Å². The second kappa shape index (κ2) is 6.51. The van der Waals surface area contributed by atoms with Crippen LogP contribution >= 0.6 is 0 Å². The maximum absolute atomic E-state index is 12.4. The van der Waals surface area contributed by atoms with Gasteiger partial charge in [-0.2, -0.15) is 0 Å². The maximum atomic E-state index is 12.4. The Morgan fingerprint density at radius 2 is 2.10 bits per heavy atom. The largest absolute Gasteiger partial charge is 0.387 e. The zero-order valence-electron chi connectivity index (χ0n) is 12.0. The first-order chi connectivity index (χ1) is 9.53. The van der Waals surface area contributed by atoms with Gasteiger partial charge in [0.15, 0.2) is 0 Å². The first-order valence-corrected chi connectivity index (χ1v) is 8.37. The molecule has 1 aliphatic heterocycles. The van der Waals surface area contributed by atoms with E-state index in [4.69, 9.17) is 0 Å². The van der Waals surface area contributed by atoms with Crippen molar-refractivity contribution in [2.24, 2.45) is 0 Å². The van der Waals surface area contributed by atoms with E-state index in [2.05, 4.69) is 19.9 Å². The molecule has 0 saturated carbocycles. The van der Waals surface area contributed by atoms with E-state index in [1.54, 1.807) is 19.3 Å². The van der Waals surface area contributed by atoms with Crippen molar-refractivity contribution >= 4 is 15.7 Å². The van der Waals surface area contributed by atoms with E-state index < -0.39 is 10.0 Å². The fraction of sp³-hybridized carbons (Fsp3) is 0.615. The second-order valence-corrected chi connectivity index (χ2v) is 6.83. The monoisotopic (exact) mass is 298 g/mol. The summed E-state index contributed by atoms with van der Waals surface area (Å²) in [5.41, 5.74) is 0.556. The lowest BCUT2D eigenvalue weighted by atomic mass is 10.3. The van der Waals surface area contributed by atoms with Crippen molar-refractivity contribution < 1.29 is 8.42 Å².